The Labute approximate surface area is 142 Å². The zero-order valence-electron chi connectivity index (χ0n) is 13.6. The number of amides is 1. The molecule has 0 spiro atoms. The number of quaternary nitrogens is 2. The molecule has 1 aliphatic heterocycles. The van der Waals surface area contributed by atoms with Crippen molar-refractivity contribution < 1.29 is 24.5 Å². The lowest BCUT2D eigenvalue weighted by molar-refractivity contribution is -0.909. The van der Waals surface area contributed by atoms with E-state index in [1.54, 1.807) is 30.2 Å². The monoisotopic (exact) mass is 343 g/mol. The van der Waals surface area contributed by atoms with Crippen molar-refractivity contribution in [3.8, 4) is 5.75 Å². The Kier molecular flexibility index (Phi) is 7.61. The first kappa shape index (κ1) is 18.0. The third kappa shape index (κ3) is 6.35. The maximum Gasteiger partial charge on any atom is 0.279 e. The summed E-state index contributed by atoms with van der Waals surface area (Å²) in [6, 6.07) is 5.22. The number of hydrogen-bond acceptors (Lipinski definition) is 3. The number of carbonyl (C=O) groups is 1. The van der Waals surface area contributed by atoms with Crippen LogP contribution in [0.2, 0.25) is 5.02 Å². The number of carbonyl (C=O) groups excluding carboxylic acids is 1. The average Bonchev–Trinajstić information content (AvgIpc) is 2.56. The van der Waals surface area contributed by atoms with Gasteiger partial charge in [-0.25, -0.2) is 0 Å². The van der Waals surface area contributed by atoms with Gasteiger partial charge in [0, 0.05) is 12.1 Å². The smallest absolute Gasteiger partial charge is 0.279 e. The van der Waals surface area contributed by atoms with Gasteiger partial charge in [0.05, 0.1) is 38.4 Å². The maximum absolute atomic E-state index is 11.9. The molecule has 0 atom stereocenters. The van der Waals surface area contributed by atoms with Crippen molar-refractivity contribution in [2.24, 2.45) is 0 Å². The van der Waals surface area contributed by atoms with Gasteiger partial charge >= 0.3 is 0 Å². The van der Waals surface area contributed by atoms with Gasteiger partial charge in [0.25, 0.3) is 5.91 Å². The van der Waals surface area contributed by atoms with Crippen LogP contribution in [0.4, 0.5) is 5.69 Å². The van der Waals surface area contributed by atoms with Crippen molar-refractivity contribution in [3.05, 3.63) is 23.2 Å². The summed E-state index contributed by atoms with van der Waals surface area (Å²) in [4.78, 5) is 13.5. The molecule has 6 nitrogen and oxygen atoms in total. The third-order valence-electron chi connectivity index (χ3n) is 3.90. The molecule has 0 radical (unpaired) electrons. The highest BCUT2D eigenvalue weighted by Crippen LogP contribution is 2.26. The molecule has 0 aromatic heterocycles. The summed E-state index contributed by atoms with van der Waals surface area (Å²) >= 11 is 6.04. The second kappa shape index (κ2) is 9.72. The number of benzene rings is 1. The molecule has 0 bridgehead atoms. The van der Waals surface area contributed by atoms with Crippen LogP contribution in [-0.2, 0) is 9.53 Å². The average molecular weight is 344 g/mol. The molecule has 7 heteroatoms. The van der Waals surface area contributed by atoms with E-state index < -0.39 is 0 Å². The highest BCUT2D eigenvalue weighted by Gasteiger charge is 2.13. The zero-order chi connectivity index (χ0) is 16.5. The van der Waals surface area contributed by atoms with E-state index in [1.165, 1.54) is 0 Å². The van der Waals surface area contributed by atoms with Crippen LogP contribution in [0.5, 0.6) is 5.75 Å². The number of methoxy groups -OCH3 is 1. The first-order valence-electron chi connectivity index (χ1n) is 8.05. The Morgan fingerprint density at radius 1 is 1.43 bits per heavy atom. The standard InChI is InChI=1S/C16H24ClN3O3/c1-22-15-4-3-13(11-14(15)17)19-16(21)12-18-5-2-6-20-7-9-23-10-8-20/h3-4,11,18H,2,5-10,12H2,1H3,(H,19,21)/p+2. The van der Waals surface area contributed by atoms with Crippen LogP contribution in [0, 0.1) is 0 Å². The van der Waals surface area contributed by atoms with Gasteiger partial charge in [-0.3, -0.25) is 4.79 Å². The molecule has 0 saturated carbocycles. The molecule has 4 N–H and O–H groups in total. The minimum absolute atomic E-state index is 0.0232. The van der Waals surface area contributed by atoms with Crippen molar-refractivity contribution in [3.63, 3.8) is 0 Å². The Hall–Kier alpha value is -1.34. The van der Waals surface area contributed by atoms with Crippen LogP contribution in [0.1, 0.15) is 6.42 Å². The van der Waals surface area contributed by atoms with Crippen LogP contribution < -0.4 is 20.3 Å². The molecule has 1 heterocycles. The van der Waals surface area contributed by atoms with Gasteiger partial charge in [-0.1, -0.05) is 11.6 Å². The minimum Gasteiger partial charge on any atom is -0.495 e. The second-order valence-corrected chi connectivity index (χ2v) is 6.05. The predicted octanol–water partition coefficient (Wildman–Crippen LogP) is -0.844. The summed E-state index contributed by atoms with van der Waals surface area (Å²) < 4.78 is 10.4. The topological polar surface area (TPSA) is 68.6 Å². The van der Waals surface area contributed by atoms with E-state index in [9.17, 15) is 4.79 Å². The van der Waals surface area contributed by atoms with E-state index in [-0.39, 0.29) is 5.91 Å². The van der Waals surface area contributed by atoms with Gasteiger partial charge in [-0.15, -0.1) is 0 Å². The fourth-order valence-corrected chi connectivity index (χ4v) is 2.85. The molecule has 1 saturated heterocycles. The van der Waals surface area contributed by atoms with E-state index >= 15 is 0 Å². The number of ether oxygens (including phenoxy) is 2. The van der Waals surface area contributed by atoms with Gasteiger partial charge in [0.2, 0.25) is 0 Å². The molecule has 2 rings (SSSR count). The summed E-state index contributed by atoms with van der Waals surface area (Å²) in [6.07, 6.45) is 1.11. The number of nitrogens with one attached hydrogen (secondary N) is 2. The van der Waals surface area contributed by atoms with Crippen molar-refractivity contribution in [2.45, 2.75) is 6.42 Å². The molecule has 0 unspecified atom stereocenters. The highest BCUT2D eigenvalue weighted by molar-refractivity contribution is 6.32. The maximum atomic E-state index is 11.9. The number of morpholine rings is 1. The van der Waals surface area contributed by atoms with Crippen LogP contribution in [0.15, 0.2) is 18.2 Å². The zero-order valence-corrected chi connectivity index (χ0v) is 14.3. The lowest BCUT2D eigenvalue weighted by Crippen LogP contribution is -3.14. The van der Waals surface area contributed by atoms with Gasteiger partial charge in [-0.05, 0) is 18.2 Å². The number of hydrogen-bond donors (Lipinski definition) is 3. The summed E-state index contributed by atoms with van der Waals surface area (Å²) in [5, 5.41) is 5.37. The van der Waals surface area contributed by atoms with E-state index in [4.69, 9.17) is 21.1 Å². The van der Waals surface area contributed by atoms with Crippen molar-refractivity contribution in [2.75, 3.05) is 58.4 Å². The first-order valence-corrected chi connectivity index (χ1v) is 8.43. The number of halogens is 1. The first-order chi connectivity index (χ1) is 11.2. The fourth-order valence-electron chi connectivity index (χ4n) is 2.60. The molecule has 128 valence electrons. The summed E-state index contributed by atoms with van der Waals surface area (Å²) in [5.74, 6) is 0.576. The normalized spacial score (nSPS) is 15.4. The SMILES string of the molecule is COc1ccc(NC(=O)C[NH2+]CCC[NH+]2CCOCC2)cc1Cl. The fraction of sp³-hybridized carbons (Fsp3) is 0.562. The number of rotatable bonds is 8. The molecule has 1 aromatic carbocycles. The number of anilines is 1. The Bertz CT molecular complexity index is 507. The summed E-state index contributed by atoms with van der Waals surface area (Å²) in [6.45, 7) is 6.45. The van der Waals surface area contributed by atoms with Crippen LogP contribution in [0.3, 0.4) is 0 Å². The minimum atomic E-state index is -0.0232. The van der Waals surface area contributed by atoms with E-state index in [0.29, 0.717) is 23.0 Å². The van der Waals surface area contributed by atoms with E-state index in [2.05, 4.69) is 5.32 Å². The molecule has 0 aliphatic carbocycles. The highest BCUT2D eigenvalue weighted by atomic mass is 35.5. The number of nitrogens with two attached hydrogens (primary N) is 1. The van der Waals surface area contributed by atoms with Crippen LogP contribution in [0.25, 0.3) is 0 Å². The molecular formula is C16H26ClN3O3+2. The van der Waals surface area contributed by atoms with Crippen LogP contribution in [-0.4, -0.2) is 59.0 Å². The quantitative estimate of drug-likeness (QED) is 0.539. The van der Waals surface area contributed by atoms with Gasteiger partial charge in [-0.2, -0.15) is 0 Å². The summed E-state index contributed by atoms with van der Waals surface area (Å²) in [5.41, 5.74) is 0.687. The third-order valence-corrected chi connectivity index (χ3v) is 4.20. The van der Waals surface area contributed by atoms with Crippen molar-refractivity contribution >= 4 is 23.2 Å². The van der Waals surface area contributed by atoms with Crippen molar-refractivity contribution in [1.82, 2.24) is 0 Å². The van der Waals surface area contributed by atoms with Crippen LogP contribution >= 0.6 is 11.6 Å². The molecule has 1 aliphatic rings. The van der Waals surface area contributed by atoms with Gasteiger partial charge in [0.15, 0.2) is 6.54 Å². The lowest BCUT2D eigenvalue weighted by Gasteiger charge is -2.23. The van der Waals surface area contributed by atoms with Crippen molar-refractivity contribution in [1.29, 1.82) is 0 Å². The molecule has 1 aromatic rings. The lowest BCUT2D eigenvalue weighted by atomic mass is 10.3. The largest absolute Gasteiger partial charge is 0.495 e. The Balaban J connectivity index is 1.60. The second-order valence-electron chi connectivity index (χ2n) is 5.64. The molecular weight excluding hydrogens is 318 g/mol. The predicted molar refractivity (Wildman–Crippen MR) is 89.3 cm³/mol. The van der Waals surface area contributed by atoms with Gasteiger partial charge < -0.3 is 25.0 Å². The van der Waals surface area contributed by atoms with E-state index in [1.807, 2.05) is 5.32 Å². The molecule has 1 fully saturated rings. The van der Waals surface area contributed by atoms with Gasteiger partial charge in [0.1, 0.15) is 18.8 Å². The Morgan fingerprint density at radius 3 is 2.91 bits per heavy atom. The van der Waals surface area contributed by atoms with E-state index in [0.717, 1.165) is 45.8 Å². The molecule has 23 heavy (non-hydrogen) atoms. The summed E-state index contributed by atoms with van der Waals surface area (Å²) in [7, 11) is 1.56. The Morgan fingerprint density at radius 2 is 2.22 bits per heavy atom. The molecule has 1 amide bonds.